The Morgan fingerprint density at radius 2 is 1.65 bits per heavy atom. The van der Waals surface area contributed by atoms with E-state index in [0.717, 1.165) is 38.7 Å². The minimum atomic E-state index is -0.636. The molecule has 1 aliphatic rings. The van der Waals surface area contributed by atoms with Gasteiger partial charge in [0.1, 0.15) is 0 Å². The lowest BCUT2D eigenvalue weighted by Crippen LogP contribution is -2.27. The van der Waals surface area contributed by atoms with E-state index in [1.807, 2.05) is 0 Å². The highest BCUT2D eigenvalue weighted by Crippen LogP contribution is 2.17. The summed E-state index contributed by atoms with van der Waals surface area (Å²) in [5.74, 6) is 0. The zero-order chi connectivity index (χ0) is 14.5. The highest BCUT2D eigenvalue weighted by Gasteiger charge is 2.17. The molecule has 1 aliphatic heterocycles. The molecule has 0 aromatic heterocycles. The SMILES string of the molecule is CCCCCCCCCCCC(O)OC1CCCCO1. The summed E-state index contributed by atoms with van der Waals surface area (Å²) < 4.78 is 11.0. The van der Waals surface area contributed by atoms with Crippen molar-refractivity contribution in [3.63, 3.8) is 0 Å². The quantitative estimate of drug-likeness (QED) is 0.415. The zero-order valence-electron chi connectivity index (χ0n) is 13.3. The normalized spacial score (nSPS) is 21.0. The van der Waals surface area contributed by atoms with Crippen molar-refractivity contribution in [2.45, 2.75) is 103 Å². The Morgan fingerprint density at radius 3 is 2.25 bits per heavy atom. The topological polar surface area (TPSA) is 38.7 Å². The molecule has 120 valence electrons. The Kier molecular flexibility index (Phi) is 11.3. The van der Waals surface area contributed by atoms with Crippen LogP contribution in [0.5, 0.6) is 0 Å². The van der Waals surface area contributed by atoms with E-state index in [1.54, 1.807) is 0 Å². The minimum Gasteiger partial charge on any atom is -0.368 e. The van der Waals surface area contributed by atoms with Crippen molar-refractivity contribution in [2.75, 3.05) is 6.61 Å². The van der Waals surface area contributed by atoms with Crippen LogP contribution >= 0.6 is 0 Å². The molecule has 1 N–H and O–H groups in total. The highest BCUT2D eigenvalue weighted by atomic mass is 16.7. The summed E-state index contributed by atoms with van der Waals surface area (Å²) in [4.78, 5) is 0. The first-order valence-corrected chi connectivity index (χ1v) is 8.78. The van der Waals surface area contributed by atoms with Crippen LogP contribution in [0.2, 0.25) is 0 Å². The number of hydrogen-bond donors (Lipinski definition) is 1. The first kappa shape index (κ1) is 17.9. The predicted molar refractivity (Wildman–Crippen MR) is 82.5 cm³/mol. The van der Waals surface area contributed by atoms with Gasteiger partial charge >= 0.3 is 0 Å². The van der Waals surface area contributed by atoms with Crippen molar-refractivity contribution < 1.29 is 14.6 Å². The maximum absolute atomic E-state index is 9.80. The molecule has 1 fully saturated rings. The van der Waals surface area contributed by atoms with Crippen molar-refractivity contribution in [3.05, 3.63) is 0 Å². The maximum Gasteiger partial charge on any atom is 0.160 e. The molecule has 0 spiro atoms. The van der Waals surface area contributed by atoms with Crippen LogP contribution in [0.25, 0.3) is 0 Å². The summed E-state index contributed by atoms with van der Waals surface area (Å²) in [6.07, 6.45) is 14.9. The molecule has 0 amide bonds. The molecule has 20 heavy (non-hydrogen) atoms. The molecule has 3 nitrogen and oxygen atoms in total. The van der Waals surface area contributed by atoms with Gasteiger partial charge in [0.2, 0.25) is 0 Å². The molecular weight excluding hydrogens is 252 g/mol. The number of aliphatic hydroxyl groups excluding tert-OH is 1. The average Bonchev–Trinajstić information content (AvgIpc) is 2.46. The Labute approximate surface area is 125 Å². The van der Waals surface area contributed by atoms with Crippen LogP contribution in [0, 0.1) is 0 Å². The van der Waals surface area contributed by atoms with Crippen LogP contribution in [0.1, 0.15) is 90.4 Å². The van der Waals surface area contributed by atoms with Crippen LogP contribution in [0.4, 0.5) is 0 Å². The van der Waals surface area contributed by atoms with Gasteiger partial charge in [0.05, 0.1) is 0 Å². The van der Waals surface area contributed by atoms with E-state index in [0.29, 0.717) is 0 Å². The molecular formula is C17H34O3. The molecule has 1 rings (SSSR count). The van der Waals surface area contributed by atoms with E-state index in [4.69, 9.17) is 9.47 Å². The molecule has 0 aromatic rings. The predicted octanol–water partition coefficient (Wildman–Crippen LogP) is 4.77. The Morgan fingerprint density at radius 1 is 1.00 bits per heavy atom. The van der Waals surface area contributed by atoms with Crippen LogP contribution < -0.4 is 0 Å². The van der Waals surface area contributed by atoms with E-state index >= 15 is 0 Å². The van der Waals surface area contributed by atoms with Crippen molar-refractivity contribution >= 4 is 0 Å². The molecule has 0 aromatic carbocycles. The van der Waals surface area contributed by atoms with Gasteiger partial charge in [0.25, 0.3) is 0 Å². The summed E-state index contributed by atoms with van der Waals surface area (Å²) in [6, 6.07) is 0. The fraction of sp³-hybridized carbons (Fsp3) is 1.00. The van der Waals surface area contributed by atoms with Crippen molar-refractivity contribution in [1.82, 2.24) is 0 Å². The van der Waals surface area contributed by atoms with Crippen LogP contribution in [0.3, 0.4) is 0 Å². The highest BCUT2D eigenvalue weighted by molar-refractivity contribution is 4.56. The second kappa shape index (κ2) is 12.6. The maximum atomic E-state index is 9.80. The number of ether oxygens (including phenoxy) is 2. The van der Waals surface area contributed by atoms with Gasteiger partial charge in [-0.1, -0.05) is 58.3 Å². The van der Waals surface area contributed by atoms with E-state index in [1.165, 1.54) is 51.4 Å². The number of hydrogen-bond acceptors (Lipinski definition) is 3. The second-order valence-corrected chi connectivity index (χ2v) is 6.00. The number of unbranched alkanes of at least 4 members (excludes halogenated alkanes) is 8. The van der Waals surface area contributed by atoms with E-state index in [-0.39, 0.29) is 6.29 Å². The molecule has 0 radical (unpaired) electrons. The van der Waals surface area contributed by atoms with Gasteiger partial charge in [-0.25, -0.2) is 0 Å². The average molecular weight is 286 g/mol. The van der Waals surface area contributed by atoms with Gasteiger partial charge in [-0.05, 0) is 32.1 Å². The number of aliphatic hydroxyl groups is 1. The smallest absolute Gasteiger partial charge is 0.160 e. The summed E-state index contributed by atoms with van der Waals surface area (Å²) in [7, 11) is 0. The first-order valence-electron chi connectivity index (χ1n) is 8.78. The van der Waals surface area contributed by atoms with E-state index in [2.05, 4.69) is 6.92 Å². The molecule has 0 saturated carbocycles. The van der Waals surface area contributed by atoms with Gasteiger partial charge in [-0.15, -0.1) is 0 Å². The Hall–Kier alpha value is -0.120. The first-order chi connectivity index (χ1) is 9.83. The van der Waals surface area contributed by atoms with E-state index in [9.17, 15) is 5.11 Å². The summed E-state index contributed by atoms with van der Waals surface area (Å²) in [6.45, 7) is 3.03. The van der Waals surface area contributed by atoms with Gasteiger partial charge in [-0.3, -0.25) is 0 Å². The molecule has 2 atom stereocenters. The third-order valence-electron chi connectivity index (χ3n) is 4.00. The second-order valence-electron chi connectivity index (χ2n) is 6.00. The lowest BCUT2D eigenvalue weighted by Gasteiger charge is -2.25. The van der Waals surface area contributed by atoms with Crippen molar-refractivity contribution in [3.8, 4) is 0 Å². The van der Waals surface area contributed by atoms with Crippen molar-refractivity contribution in [2.24, 2.45) is 0 Å². The van der Waals surface area contributed by atoms with Crippen LogP contribution in [0.15, 0.2) is 0 Å². The fourth-order valence-corrected chi connectivity index (χ4v) is 2.69. The largest absolute Gasteiger partial charge is 0.368 e. The zero-order valence-corrected chi connectivity index (χ0v) is 13.3. The molecule has 0 aliphatic carbocycles. The Balaban J connectivity index is 1.83. The van der Waals surface area contributed by atoms with Gasteiger partial charge in [0, 0.05) is 6.61 Å². The molecule has 3 heteroatoms. The minimum absolute atomic E-state index is 0.169. The third kappa shape index (κ3) is 9.73. The lowest BCUT2D eigenvalue weighted by atomic mass is 10.1. The van der Waals surface area contributed by atoms with Crippen LogP contribution in [-0.2, 0) is 9.47 Å². The molecule has 1 heterocycles. The standard InChI is InChI=1S/C17H34O3/c1-2-3-4-5-6-7-8-9-10-13-16(18)20-17-14-11-12-15-19-17/h16-18H,2-15H2,1H3. The van der Waals surface area contributed by atoms with Crippen molar-refractivity contribution in [1.29, 1.82) is 0 Å². The summed E-state index contributed by atoms with van der Waals surface area (Å²) in [5, 5.41) is 9.80. The summed E-state index contributed by atoms with van der Waals surface area (Å²) >= 11 is 0. The Bertz CT molecular complexity index is 202. The molecule has 2 unspecified atom stereocenters. The molecule has 0 bridgehead atoms. The van der Waals surface area contributed by atoms with Gasteiger partial charge in [-0.2, -0.15) is 0 Å². The number of rotatable bonds is 12. The molecule has 1 saturated heterocycles. The van der Waals surface area contributed by atoms with Gasteiger partial charge in [0.15, 0.2) is 12.6 Å². The summed E-state index contributed by atoms with van der Waals surface area (Å²) in [5.41, 5.74) is 0. The lowest BCUT2D eigenvalue weighted by molar-refractivity contribution is -0.241. The van der Waals surface area contributed by atoms with Crippen LogP contribution in [-0.4, -0.2) is 24.3 Å². The third-order valence-corrected chi connectivity index (χ3v) is 4.00. The monoisotopic (exact) mass is 286 g/mol. The fourth-order valence-electron chi connectivity index (χ4n) is 2.69. The van der Waals surface area contributed by atoms with Gasteiger partial charge < -0.3 is 14.6 Å². The van der Waals surface area contributed by atoms with E-state index < -0.39 is 6.29 Å².